The van der Waals surface area contributed by atoms with E-state index in [1.54, 1.807) is 17.6 Å². The lowest BCUT2D eigenvalue weighted by Gasteiger charge is -2.05. The van der Waals surface area contributed by atoms with E-state index in [0.717, 1.165) is 9.86 Å². The van der Waals surface area contributed by atoms with Crippen LogP contribution in [-0.4, -0.2) is 10.9 Å². The maximum atomic E-state index is 12.2. The van der Waals surface area contributed by atoms with Crippen LogP contribution in [0.4, 0.5) is 5.13 Å². The molecule has 1 amide bonds. The van der Waals surface area contributed by atoms with E-state index in [2.05, 4.69) is 42.2 Å². The second-order valence-corrected chi connectivity index (χ2v) is 6.75. The molecule has 0 aliphatic heterocycles. The first-order valence-corrected chi connectivity index (χ1v) is 8.19. The number of aromatic nitrogens is 1. The Labute approximate surface area is 139 Å². The van der Waals surface area contributed by atoms with Gasteiger partial charge in [-0.15, -0.1) is 11.3 Å². The monoisotopic (exact) mass is 427 g/mol. The zero-order chi connectivity index (χ0) is 15.0. The number of amides is 1. The van der Waals surface area contributed by atoms with Crippen molar-refractivity contribution in [2.24, 2.45) is 0 Å². The Kier molecular flexibility index (Phi) is 3.92. The second kappa shape index (κ2) is 5.70. The van der Waals surface area contributed by atoms with Gasteiger partial charge in [-0.3, -0.25) is 15.5 Å². The van der Waals surface area contributed by atoms with Gasteiger partial charge >= 0.3 is 0 Å². The fraction of sp³-hybridized carbons (Fsp3) is 0. The Hall–Kier alpha value is -1.51. The van der Waals surface area contributed by atoms with Crippen LogP contribution < -0.4 is 10.9 Å². The van der Waals surface area contributed by atoms with Crippen LogP contribution >= 0.6 is 43.2 Å². The Bertz CT molecular complexity index is 890. The summed E-state index contributed by atoms with van der Waals surface area (Å²) < 4.78 is 7.00. The average molecular weight is 429 g/mol. The topological polar surface area (TPSA) is 79.0 Å². The minimum Gasteiger partial charge on any atom is -0.437 e. The van der Waals surface area contributed by atoms with Crippen molar-refractivity contribution >= 4 is 65.2 Å². The molecule has 0 radical (unpaired) electrons. The summed E-state index contributed by atoms with van der Waals surface area (Å²) in [6, 6.07) is 5.27. The molecule has 0 unspecified atom stereocenters. The third-order valence-electron chi connectivity index (χ3n) is 2.68. The molecule has 0 aliphatic rings. The quantitative estimate of drug-likeness (QED) is 0.643. The first-order valence-electron chi connectivity index (χ1n) is 5.73. The lowest BCUT2D eigenvalue weighted by molar-refractivity contribution is 0.102. The molecule has 21 heavy (non-hydrogen) atoms. The summed E-state index contributed by atoms with van der Waals surface area (Å²) in [6.45, 7) is 0. The van der Waals surface area contributed by atoms with Gasteiger partial charge in [0.2, 0.25) is 5.55 Å². The van der Waals surface area contributed by atoms with Crippen molar-refractivity contribution in [1.29, 1.82) is 5.41 Å². The number of anilines is 1. The fourth-order valence-electron chi connectivity index (χ4n) is 1.79. The zero-order valence-electron chi connectivity index (χ0n) is 10.3. The summed E-state index contributed by atoms with van der Waals surface area (Å²) in [6.07, 6.45) is 1.60. The highest BCUT2D eigenvalue weighted by atomic mass is 79.9. The van der Waals surface area contributed by atoms with Gasteiger partial charge in [0, 0.05) is 21.4 Å². The smallest absolute Gasteiger partial charge is 0.262 e. The van der Waals surface area contributed by atoms with Crippen molar-refractivity contribution in [2.75, 3.05) is 5.32 Å². The first-order chi connectivity index (χ1) is 10.0. The summed E-state index contributed by atoms with van der Waals surface area (Å²) in [7, 11) is 0. The van der Waals surface area contributed by atoms with E-state index in [1.807, 2.05) is 12.1 Å². The minimum absolute atomic E-state index is 0.155. The molecular weight excluding hydrogens is 422 g/mol. The van der Waals surface area contributed by atoms with Crippen LogP contribution in [0.3, 0.4) is 0 Å². The van der Waals surface area contributed by atoms with Crippen molar-refractivity contribution in [3.05, 3.63) is 49.8 Å². The second-order valence-electron chi connectivity index (χ2n) is 4.09. The van der Waals surface area contributed by atoms with Gasteiger partial charge in [-0.25, -0.2) is 4.98 Å². The molecule has 106 valence electrons. The van der Waals surface area contributed by atoms with Gasteiger partial charge in [-0.05, 0) is 34.1 Å². The van der Waals surface area contributed by atoms with E-state index < -0.39 is 5.91 Å². The molecule has 0 spiro atoms. The molecule has 1 aromatic carbocycles. The largest absolute Gasteiger partial charge is 0.437 e. The van der Waals surface area contributed by atoms with Crippen LogP contribution in [0, 0.1) is 5.41 Å². The van der Waals surface area contributed by atoms with Crippen LogP contribution in [0.5, 0.6) is 0 Å². The van der Waals surface area contributed by atoms with E-state index in [9.17, 15) is 4.79 Å². The summed E-state index contributed by atoms with van der Waals surface area (Å²) in [5.74, 6) is -0.420. The van der Waals surface area contributed by atoms with E-state index in [-0.39, 0.29) is 11.1 Å². The summed E-state index contributed by atoms with van der Waals surface area (Å²) in [5.41, 5.74) is 0.483. The van der Waals surface area contributed by atoms with Crippen molar-refractivity contribution in [1.82, 2.24) is 4.98 Å². The fourth-order valence-corrected chi connectivity index (χ4v) is 3.65. The highest BCUT2D eigenvalue weighted by molar-refractivity contribution is 9.11. The van der Waals surface area contributed by atoms with Crippen LogP contribution in [-0.2, 0) is 0 Å². The number of halogens is 2. The Morgan fingerprint density at radius 3 is 2.86 bits per heavy atom. The van der Waals surface area contributed by atoms with Gasteiger partial charge in [-0.2, -0.15) is 0 Å². The van der Waals surface area contributed by atoms with Gasteiger partial charge in [0.15, 0.2) is 10.7 Å². The minimum atomic E-state index is -0.420. The van der Waals surface area contributed by atoms with Crippen LogP contribution in [0.15, 0.2) is 43.1 Å². The number of carbonyl (C=O) groups is 1. The summed E-state index contributed by atoms with van der Waals surface area (Å²) in [5, 5.41) is 13.5. The van der Waals surface area contributed by atoms with Gasteiger partial charge in [0.1, 0.15) is 5.56 Å². The molecule has 8 heteroatoms. The maximum Gasteiger partial charge on any atom is 0.262 e. The third kappa shape index (κ3) is 2.92. The van der Waals surface area contributed by atoms with Gasteiger partial charge in [-0.1, -0.05) is 15.9 Å². The van der Waals surface area contributed by atoms with Gasteiger partial charge in [0.05, 0.1) is 4.47 Å². The number of hydrogen-bond acceptors (Lipinski definition) is 5. The Morgan fingerprint density at radius 2 is 2.14 bits per heavy atom. The molecule has 0 aliphatic carbocycles. The number of fused-ring (bicyclic) bond motifs is 1. The lowest BCUT2D eigenvalue weighted by Crippen LogP contribution is -2.20. The predicted octanol–water partition coefficient (Wildman–Crippen LogP) is 4.15. The predicted molar refractivity (Wildman–Crippen MR) is 87.5 cm³/mol. The van der Waals surface area contributed by atoms with E-state index >= 15 is 0 Å². The van der Waals surface area contributed by atoms with Crippen LogP contribution in [0.2, 0.25) is 0 Å². The van der Waals surface area contributed by atoms with Crippen molar-refractivity contribution in [2.45, 2.75) is 0 Å². The molecule has 2 aromatic heterocycles. The molecule has 2 N–H and O–H groups in total. The Balaban J connectivity index is 2.08. The Morgan fingerprint density at radius 1 is 1.33 bits per heavy atom. The molecule has 5 nitrogen and oxygen atoms in total. The van der Waals surface area contributed by atoms with Crippen molar-refractivity contribution in [3.63, 3.8) is 0 Å². The molecule has 0 saturated carbocycles. The number of carbonyl (C=O) groups excluding carboxylic acids is 1. The third-order valence-corrected chi connectivity index (χ3v) is 4.42. The number of thiazole rings is 1. The summed E-state index contributed by atoms with van der Waals surface area (Å²) in [4.78, 5) is 16.2. The number of rotatable bonds is 2. The first kappa shape index (κ1) is 14.4. The number of nitrogens with zero attached hydrogens (tertiary/aromatic N) is 1. The zero-order valence-corrected chi connectivity index (χ0v) is 14.3. The molecule has 0 bridgehead atoms. The van der Waals surface area contributed by atoms with Gasteiger partial charge < -0.3 is 4.42 Å². The number of nitrogens with one attached hydrogen (secondary N) is 2. The number of hydrogen-bond donors (Lipinski definition) is 2. The molecule has 0 fully saturated rings. The molecular formula is C13H7Br2N3O2S. The number of benzene rings is 1. The summed E-state index contributed by atoms with van der Waals surface area (Å²) >= 11 is 8.07. The highest BCUT2D eigenvalue weighted by Gasteiger charge is 2.14. The molecule has 3 aromatic rings. The molecule has 0 saturated heterocycles. The van der Waals surface area contributed by atoms with Crippen molar-refractivity contribution in [3.8, 4) is 0 Å². The average Bonchev–Trinajstić information content (AvgIpc) is 2.91. The standard InChI is InChI=1S/C13H7Br2N3O2S/c14-7-3-6-4-8(11(16)20-10(6)9(15)5-7)12(19)18-13-17-1-2-21-13/h1-5,16H,(H,17,18,19). The normalized spacial score (nSPS) is 10.8. The molecule has 3 rings (SSSR count). The van der Waals surface area contributed by atoms with Gasteiger partial charge in [0.25, 0.3) is 5.91 Å². The molecule has 2 heterocycles. The highest BCUT2D eigenvalue weighted by Crippen LogP contribution is 2.28. The van der Waals surface area contributed by atoms with E-state index in [4.69, 9.17) is 9.83 Å². The SMILES string of the molecule is N=c1oc2c(Br)cc(Br)cc2cc1C(=O)Nc1nccs1. The van der Waals surface area contributed by atoms with Crippen LogP contribution in [0.1, 0.15) is 10.4 Å². The van der Waals surface area contributed by atoms with E-state index in [1.165, 1.54) is 11.3 Å². The maximum absolute atomic E-state index is 12.2. The van der Waals surface area contributed by atoms with Crippen molar-refractivity contribution < 1.29 is 9.21 Å². The van der Waals surface area contributed by atoms with Crippen LogP contribution in [0.25, 0.3) is 11.0 Å². The molecule has 0 atom stereocenters. The van der Waals surface area contributed by atoms with E-state index in [0.29, 0.717) is 15.2 Å². The lowest BCUT2D eigenvalue weighted by atomic mass is 10.2.